The van der Waals surface area contributed by atoms with Gasteiger partial charge in [-0.1, -0.05) is 6.92 Å². The lowest BCUT2D eigenvalue weighted by Crippen LogP contribution is -2.50. The summed E-state index contributed by atoms with van der Waals surface area (Å²) in [4.78, 5) is 2.06. The third kappa shape index (κ3) is 3.02. The minimum atomic E-state index is -0.375. The fourth-order valence-electron chi connectivity index (χ4n) is 1.27. The molecule has 0 aliphatic rings. The van der Waals surface area contributed by atoms with Crippen molar-refractivity contribution in [2.45, 2.75) is 45.3 Å². The van der Waals surface area contributed by atoms with Crippen LogP contribution < -0.4 is 0 Å². The molecule has 2 nitrogen and oxygen atoms in total. The van der Waals surface area contributed by atoms with E-state index in [0.29, 0.717) is 6.42 Å². The molecule has 0 heterocycles. The standard InChI is InChI=1S/C11H21NO/c1-6-8-9-10(13)11(3,7-2)12(4)5/h10,13H,7,9H2,1-5H3. The molecular formula is C11H21NO. The molecule has 2 unspecified atom stereocenters. The van der Waals surface area contributed by atoms with E-state index in [4.69, 9.17) is 0 Å². The van der Waals surface area contributed by atoms with Gasteiger partial charge in [-0.2, -0.15) is 0 Å². The normalized spacial score (nSPS) is 17.5. The van der Waals surface area contributed by atoms with Crippen LogP contribution in [0.15, 0.2) is 0 Å². The smallest absolute Gasteiger partial charge is 0.0829 e. The predicted octanol–water partition coefficient (Wildman–Crippen LogP) is 1.49. The number of aliphatic hydroxyl groups is 1. The molecule has 1 N–H and O–H groups in total. The van der Waals surface area contributed by atoms with Crippen molar-refractivity contribution in [3.63, 3.8) is 0 Å². The summed E-state index contributed by atoms with van der Waals surface area (Å²) in [6.07, 6.45) is 1.10. The quantitative estimate of drug-likeness (QED) is 0.668. The minimum absolute atomic E-state index is 0.163. The van der Waals surface area contributed by atoms with Crippen LogP contribution in [-0.4, -0.2) is 35.7 Å². The molecular weight excluding hydrogens is 162 g/mol. The average molecular weight is 183 g/mol. The number of aliphatic hydroxyl groups excluding tert-OH is 1. The second kappa shape index (κ2) is 5.26. The average Bonchev–Trinajstić information content (AvgIpc) is 2.12. The van der Waals surface area contributed by atoms with Crippen LogP contribution in [0.4, 0.5) is 0 Å². The maximum Gasteiger partial charge on any atom is 0.0829 e. The molecule has 0 radical (unpaired) electrons. The van der Waals surface area contributed by atoms with Crippen molar-refractivity contribution in [3.05, 3.63) is 0 Å². The monoisotopic (exact) mass is 183 g/mol. The van der Waals surface area contributed by atoms with E-state index in [1.807, 2.05) is 14.1 Å². The highest BCUT2D eigenvalue weighted by Gasteiger charge is 2.32. The van der Waals surface area contributed by atoms with Crippen LogP contribution in [0.5, 0.6) is 0 Å². The molecule has 0 saturated carbocycles. The number of likely N-dealkylation sites (N-methyl/N-ethyl adjacent to an activating group) is 1. The highest BCUT2D eigenvalue weighted by Crippen LogP contribution is 2.22. The highest BCUT2D eigenvalue weighted by atomic mass is 16.3. The van der Waals surface area contributed by atoms with Gasteiger partial charge in [0.05, 0.1) is 6.10 Å². The molecule has 0 aliphatic carbocycles. The SMILES string of the molecule is CC#CCC(O)C(C)(CC)N(C)C. The first-order chi connectivity index (χ1) is 5.99. The zero-order chi connectivity index (χ0) is 10.5. The summed E-state index contributed by atoms with van der Waals surface area (Å²) in [5.41, 5.74) is -0.163. The van der Waals surface area contributed by atoms with Crippen LogP contribution in [-0.2, 0) is 0 Å². The Hall–Kier alpha value is -0.520. The first kappa shape index (κ1) is 12.5. The zero-order valence-corrected chi connectivity index (χ0v) is 9.39. The maximum atomic E-state index is 9.93. The Morgan fingerprint density at radius 1 is 1.46 bits per heavy atom. The van der Waals surface area contributed by atoms with Crippen molar-refractivity contribution < 1.29 is 5.11 Å². The van der Waals surface area contributed by atoms with Gasteiger partial charge in [0.15, 0.2) is 0 Å². The van der Waals surface area contributed by atoms with E-state index in [9.17, 15) is 5.11 Å². The van der Waals surface area contributed by atoms with Gasteiger partial charge in [-0.25, -0.2) is 0 Å². The molecule has 0 bridgehead atoms. The molecule has 0 spiro atoms. The predicted molar refractivity (Wildman–Crippen MR) is 56.5 cm³/mol. The van der Waals surface area contributed by atoms with Crippen LogP contribution in [0.2, 0.25) is 0 Å². The van der Waals surface area contributed by atoms with Gasteiger partial charge < -0.3 is 10.0 Å². The molecule has 2 atom stereocenters. The van der Waals surface area contributed by atoms with E-state index in [1.54, 1.807) is 6.92 Å². The van der Waals surface area contributed by atoms with Gasteiger partial charge in [0.1, 0.15) is 0 Å². The summed E-state index contributed by atoms with van der Waals surface area (Å²) in [5, 5.41) is 9.93. The van der Waals surface area contributed by atoms with Gasteiger partial charge in [0.2, 0.25) is 0 Å². The van der Waals surface area contributed by atoms with Gasteiger partial charge in [-0.05, 0) is 34.4 Å². The second-order valence-electron chi connectivity index (χ2n) is 3.75. The maximum absolute atomic E-state index is 9.93. The van der Waals surface area contributed by atoms with E-state index >= 15 is 0 Å². The molecule has 0 amide bonds. The Balaban J connectivity index is 4.43. The van der Waals surface area contributed by atoms with Crippen molar-refractivity contribution in [2.24, 2.45) is 0 Å². The van der Waals surface area contributed by atoms with Crippen molar-refractivity contribution in [2.75, 3.05) is 14.1 Å². The molecule has 0 saturated heterocycles. The summed E-state index contributed by atoms with van der Waals surface area (Å²) >= 11 is 0. The fraction of sp³-hybridized carbons (Fsp3) is 0.818. The molecule has 0 aromatic rings. The lowest BCUT2D eigenvalue weighted by Gasteiger charge is -2.39. The molecule has 0 fully saturated rings. The van der Waals surface area contributed by atoms with Gasteiger partial charge in [-0.15, -0.1) is 11.8 Å². The third-order valence-electron chi connectivity index (χ3n) is 2.93. The Morgan fingerprint density at radius 3 is 2.31 bits per heavy atom. The molecule has 0 aromatic heterocycles. The highest BCUT2D eigenvalue weighted by molar-refractivity contribution is 5.02. The first-order valence-electron chi connectivity index (χ1n) is 4.74. The minimum Gasteiger partial charge on any atom is -0.390 e. The molecule has 0 aromatic carbocycles. The third-order valence-corrected chi connectivity index (χ3v) is 2.93. The van der Waals surface area contributed by atoms with Gasteiger partial charge in [0, 0.05) is 12.0 Å². The zero-order valence-electron chi connectivity index (χ0n) is 9.39. The number of hydrogen-bond donors (Lipinski definition) is 1. The first-order valence-corrected chi connectivity index (χ1v) is 4.74. The van der Waals surface area contributed by atoms with E-state index in [2.05, 4.69) is 30.6 Å². The van der Waals surface area contributed by atoms with E-state index in [0.717, 1.165) is 6.42 Å². The number of hydrogen-bond acceptors (Lipinski definition) is 2. The molecule has 76 valence electrons. The fourth-order valence-corrected chi connectivity index (χ4v) is 1.27. The molecule has 0 rings (SSSR count). The van der Waals surface area contributed by atoms with Crippen LogP contribution in [0.1, 0.15) is 33.6 Å². The molecule has 13 heavy (non-hydrogen) atoms. The van der Waals surface area contributed by atoms with Crippen LogP contribution in [0.25, 0.3) is 0 Å². The van der Waals surface area contributed by atoms with E-state index < -0.39 is 0 Å². The largest absolute Gasteiger partial charge is 0.390 e. The lowest BCUT2D eigenvalue weighted by molar-refractivity contribution is 0.00589. The second-order valence-corrected chi connectivity index (χ2v) is 3.75. The summed E-state index contributed by atoms with van der Waals surface area (Å²) in [7, 11) is 3.98. The molecule has 2 heteroatoms. The van der Waals surface area contributed by atoms with E-state index in [-0.39, 0.29) is 11.6 Å². The van der Waals surface area contributed by atoms with Gasteiger partial charge in [-0.3, -0.25) is 0 Å². The van der Waals surface area contributed by atoms with Crippen molar-refractivity contribution in [1.82, 2.24) is 4.90 Å². The van der Waals surface area contributed by atoms with Crippen molar-refractivity contribution >= 4 is 0 Å². The van der Waals surface area contributed by atoms with Crippen LogP contribution in [0.3, 0.4) is 0 Å². The van der Waals surface area contributed by atoms with Gasteiger partial charge in [0.25, 0.3) is 0 Å². The Bertz CT molecular complexity index is 202. The van der Waals surface area contributed by atoms with Crippen molar-refractivity contribution in [3.8, 4) is 11.8 Å². The van der Waals surface area contributed by atoms with Crippen molar-refractivity contribution in [1.29, 1.82) is 0 Å². The summed E-state index contributed by atoms with van der Waals surface area (Å²) in [5.74, 6) is 5.72. The Kier molecular flexibility index (Phi) is 5.05. The summed E-state index contributed by atoms with van der Waals surface area (Å²) in [6, 6.07) is 0. The summed E-state index contributed by atoms with van der Waals surface area (Å²) < 4.78 is 0. The Morgan fingerprint density at radius 2 is 2.00 bits per heavy atom. The number of rotatable bonds is 4. The summed E-state index contributed by atoms with van der Waals surface area (Å²) in [6.45, 7) is 5.95. The number of nitrogens with zero attached hydrogens (tertiary/aromatic N) is 1. The van der Waals surface area contributed by atoms with Gasteiger partial charge >= 0.3 is 0 Å². The Labute approximate surface area is 81.9 Å². The van der Waals surface area contributed by atoms with E-state index in [1.165, 1.54) is 0 Å². The van der Waals surface area contributed by atoms with Crippen LogP contribution in [0, 0.1) is 11.8 Å². The lowest BCUT2D eigenvalue weighted by atomic mass is 9.88. The van der Waals surface area contributed by atoms with Crippen LogP contribution >= 0.6 is 0 Å². The topological polar surface area (TPSA) is 23.5 Å². The molecule has 0 aliphatic heterocycles.